The Kier molecular flexibility index (Phi) is 2.93. The van der Waals surface area contributed by atoms with Crippen molar-refractivity contribution in [3.05, 3.63) is 29.6 Å². The van der Waals surface area contributed by atoms with E-state index in [9.17, 15) is 13.6 Å². The highest BCUT2D eigenvalue weighted by atomic mass is 19.1. The average Bonchev–Trinajstić information content (AvgIpc) is 2.16. The zero-order chi connectivity index (χ0) is 11.6. The average molecular weight is 216 g/mol. The van der Waals surface area contributed by atoms with Crippen LogP contribution in [0.5, 0.6) is 5.75 Å². The number of alkyl halides is 1. The number of methoxy groups -OCH3 is 1. The van der Waals surface area contributed by atoms with E-state index >= 15 is 0 Å². The summed E-state index contributed by atoms with van der Waals surface area (Å²) < 4.78 is 31.2. The van der Waals surface area contributed by atoms with E-state index in [-0.39, 0.29) is 11.3 Å². The first kappa shape index (κ1) is 11.4. The van der Waals surface area contributed by atoms with Gasteiger partial charge >= 0.3 is 5.97 Å². The summed E-state index contributed by atoms with van der Waals surface area (Å²) in [7, 11) is 1.22. The normalized spacial score (nSPS) is 14.4. The summed E-state index contributed by atoms with van der Waals surface area (Å²) in [5, 5.41) is 8.66. The minimum atomic E-state index is -2.60. The Labute approximate surface area is 85.3 Å². The van der Waals surface area contributed by atoms with Crippen LogP contribution in [0, 0.1) is 5.82 Å². The predicted octanol–water partition coefficient (Wildman–Crippen LogP) is 2.10. The second-order valence-corrected chi connectivity index (χ2v) is 3.15. The van der Waals surface area contributed by atoms with Gasteiger partial charge in [0.25, 0.3) is 0 Å². The van der Waals surface area contributed by atoms with Crippen LogP contribution < -0.4 is 4.74 Å². The fraction of sp³-hybridized carbons (Fsp3) is 0.300. The van der Waals surface area contributed by atoms with Crippen LogP contribution in [0.1, 0.15) is 12.5 Å². The number of carboxylic acid groups (broad SMARTS) is 1. The summed E-state index contributed by atoms with van der Waals surface area (Å²) in [5.41, 5.74) is -2.81. The van der Waals surface area contributed by atoms with Gasteiger partial charge in [-0.2, -0.15) is 0 Å². The van der Waals surface area contributed by atoms with Crippen molar-refractivity contribution >= 4 is 5.97 Å². The Morgan fingerprint density at radius 1 is 1.53 bits per heavy atom. The van der Waals surface area contributed by atoms with Crippen LogP contribution in [0.3, 0.4) is 0 Å². The van der Waals surface area contributed by atoms with Crippen LogP contribution >= 0.6 is 0 Å². The number of rotatable bonds is 3. The molecule has 0 fully saturated rings. The second kappa shape index (κ2) is 3.84. The van der Waals surface area contributed by atoms with E-state index in [4.69, 9.17) is 9.84 Å². The first-order chi connectivity index (χ1) is 6.89. The molecule has 5 heteroatoms. The number of ether oxygens (including phenoxy) is 1. The number of hydrogen-bond acceptors (Lipinski definition) is 2. The van der Waals surface area contributed by atoms with Gasteiger partial charge in [0, 0.05) is 11.6 Å². The van der Waals surface area contributed by atoms with Gasteiger partial charge in [0.15, 0.2) is 0 Å². The van der Waals surface area contributed by atoms with Gasteiger partial charge in [-0.15, -0.1) is 0 Å². The van der Waals surface area contributed by atoms with E-state index in [0.717, 1.165) is 25.1 Å². The summed E-state index contributed by atoms with van der Waals surface area (Å²) in [6.07, 6.45) is 0. The molecule has 15 heavy (non-hydrogen) atoms. The predicted molar refractivity (Wildman–Crippen MR) is 49.0 cm³/mol. The molecule has 0 saturated carbocycles. The van der Waals surface area contributed by atoms with Gasteiger partial charge in [-0.3, -0.25) is 0 Å². The fourth-order valence-electron chi connectivity index (χ4n) is 1.17. The molecule has 0 aromatic heterocycles. The molecule has 0 aliphatic carbocycles. The number of halogens is 2. The zero-order valence-electron chi connectivity index (χ0n) is 8.25. The van der Waals surface area contributed by atoms with Gasteiger partial charge in [0.2, 0.25) is 5.67 Å². The van der Waals surface area contributed by atoms with E-state index in [1.165, 1.54) is 7.11 Å². The largest absolute Gasteiger partial charge is 0.496 e. The topological polar surface area (TPSA) is 46.5 Å². The summed E-state index contributed by atoms with van der Waals surface area (Å²) in [6.45, 7) is 0.880. The van der Waals surface area contributed by atoms with Crippen molar-refractivity contribution in [2.75, 3.05) is 7.11 Å². The van der Waals surface area contributed by atoms with Gasteiger partial charge in [-0.05, 0) is 19.1 Å². The molecule has 3 nitrogen and oxygen atoms in total. The van der Waals surface area contributed by atoms with Crippen molar-refractivity contribution in [1.29, 1.82) is 0 Å². The maximum absolute atomic E-state index is 13.7. The van der Waals surface area contributed by atoms with Gasteiger partial charge in [0.1, 0.15) is 11.6 Å². The van der Waals surface area contributed by atoms with E-state index in [1.807, 2.05) is 0 Å². The molecular formula is C10H10F2O3. The molecule has 1 atom stereocenters. The van der Waals surface area contributed by atoms with E-state index in [0.29, 0.717) is 0 Å². The fourth-order valence-corrected chi connectivity index (χ4v) is 1.17. The van der Waals surface area contributed by atoms with Gasteiger partial charge in [0.05, 0.1) is 7.11 Å². The van der Waals surface area contributed by atoms with Crippen LogP contribution in [0.25, 0.3) is 0 Å². The molecule has 0 saturated heterocycles. The lowest BCUT2D eigenvalue weighted by Gasteiger charge is -2.18. The van der Waals surface area contributed by atoms with Crippen LogP contribution in [0.15, 0.2) is 18.2 Å². The van der Waals surface area contributed by atoms with Gasteiger partial charge in [-0.25, -0.2) is 13.6 Å². The quantitative estimate of drug-likeness (QED) is 0.841. The lowest BCUT2D eigenvalue weighted by atomic mass is 9.97. The first-order valence-electron chi connectivity index (χ1n) is 4.16. The minimum absolute atomic E-state index is 0.123. The maximum Gasteiger partial charge on any atom is 0.346 e. The lowest BCUT2D eigenvalue weighted by molar-refractivity contribution is -0.150. The van der Waals surface area contributed by atoms with Gasteiger partial charge < -0.3 is 9.84 Å². The number of carboxylic acids is 1. The first-order valence-corrected chi connectivity index (χ1v) is 4.16. The van der Waals surface area contributed by atoms with Crippen LogP contribution in [-0.4, -0.2) is 18.2 Å². The van der Waals surface area contributed by atoms with Crippen LogP contribution in [0.2, 0.25) is 0 Å². The maximum atomic E-state index is 13.7. The molecule has 1 rings (SSSR count). The smallest absolute Gasteiger partial charge is 0.346 e. The van der Waals surface area contributed by atoms with E-state index in [1.54, 1.807) is 0 Å². The van der Waals surface area contributed by atoms with Gasteiger partial charge in [-0.1, -0.05) is 0 Å². The third kappa shape index (κ3) is 2.06. The van der Waals surface area contributed by atoms with Crippen LogP contribution in [0.4, 0.5) is 8.78 Å². The SMILES string of the molecule is COc1cc(F)ccc1C(C)(F)C(=O)O. The van der Waals surface area contributed by atoms with Crippen molar-refractivity contribution in [3.63, 3.8) is 0 Å². The summed E-state index contributed by atoms with van der Waals surface area (Å²) >= 11 is 0. The van der Waals surface area contributed by atoms with E-state index in [2.05, 4.69) is 0 Å². The van der Waals surface area contributed by atoms with Crippen molar-refractivity contribution in [1.82, 2.24) is 0 Å². The molecule has 82 valence electrons. The standard InChI is InChI=1S/C10H10F2O3/c1-10(12,9(13)14)7-4-3-6(11)5-8(7)15-2/h3-5H,1-2H3,(H,13,14). The van der Waals surface area contributed by atoms with Crippen molar-refractivity contribution in [2.24, 2.45) is 0 Å². The van der Waals surface area contributed by atoms with Crippen molar-refractivity contribution < 1.29 is 23.4 Å². The number of hydrogen-bond donors (Lipinski definition) is 1. The Morgan fingerprint density at radius 2 is 2.13 bits per heavy atom. The minimum Gasteiger partial charge on any atom is -0.496 e. The monoisotopic (exact) mass is 216 g/mol. The molecule has 1 aromatic carbocycles. The summed E-state index contributed by atoms with van der Waals surface area (Å²) in [6, 6.07) is 2.98. The van der Waals surface area contributed by atoms with E-state index < -0.39 is 17.5 Å². The highest BCUT2D eigenvalue weighted by Gasteiger charge is 2.37. The molecule has 1 aromatic rings. The highest BCUT2D eigenvalue weighted by molar-refractivity contribution is 5.79. The van der Waals surface area contributed by atoms with Crippen molar-refractivity contribution in [2.45, 2.75) is 12.6 Å². The molecule has 0 aliphatic heterocycles. The second-order valence-electron chi connectivity index (χ2n) is 3.15. The molecule has 1 unspecified atom stereocenters. The molecule has 0 heterocycles. The number of aliphatic carboxylic acids is 1. The number of benzene rings is 1. The lowest BCUT2D eigenvalue weighted by Crippen LogP contribution is -2.27. The number of carbonyl (C=O) groups is 1. The van der Waals surface area contributed by atoms with Crippen LogP contribution in [-0.2, 0) is 10.5 Å². The summed E-state index contributed by atoms with van der Waals surface area (Å²) in [5.74, 6) is -2.38. The Morgan fingerprint density at radius 3 is 2.60 bits per heavy atom. The third-order valence-corrected chi connectivity index (χ3v) is 2.07. The highest BCUT2D eigenvalue weighted by Crippen LogP contribution is 2.33. The Hall–Kier alpha value is -1.65. The Bertz CT molecular complexity index is 388. The summed E-state index contributed by atoms with van der Waals surface area (Å²) in [4.78, 5) is 10.7. The molecule has 0 bridgehead atoms. The third-order valence-electron chi connectivity index (χ3n) is 2.07. The Balaban J connectivity index is 3.31. The zero-order valence-corrected chi connectivity index (χ0v) is 8.25. The molecule has 0 spiro atoms. The molecular weight excluding hydrogens is 206 g/mol. The van der Waals surface area contributed by atoms with Crippen molar-refractivity contribution in [3.8, 4) is 5.75 Å². The molecule has 0 aliphatic rings. The molecule has 0 radical (unpaired) electrons. The molecule has 1 N–H and O–H groups in total. The molecule has 0 amide bonds.